The molecule has 0 atom stereocenters. The first-order chi connectivity index (χ1) is 13.5. The molecule has 0 spiro atoms. The molecule has 2 aromatic rings. The Hall–Kier alpha value is -3.13. The molecule has 7 nitrogen and oxygen atoms in total. The van der Waals surface area contributed by atoms with Crippen LogP contribution in [0.15, 0.2) is 42.5 Å². The molecule has 0 aliphatic carbocycles. The summed E-state index contributed by atoms with van der Waals surface area (Å²) in [6, 6.07) is 10.6. The number of halogens is 1. The van der Waals surface area contributed by atoms with Gasteiger partial charge in [-0.2, -0.15) is 0 Å². The van der Waals surface area contributed by atoms with Crippen LogP contribution in [-0.4, -0.2) is 50.1 Å². The van der Waals surface area contributed by atoms with E-state index in [-0.39, 0.29) is 11.7 Å². The Balaban J connectivity index is 1.60. The number of primary amides is 1. The monoisotopic (exact) mass is 387 g/mol. The first-order valence-corrected chi connectivity index (χ1v) is 9.08. The van der Waals surface area contributed by atoms with Crippen LogP contribution >= 0.6 is 0 Å². The number of quaternary nitrogens is 1. The Morgan fingerprint density at radius 1 is 1.21 bits per heavy atom. The van der Waals surface area contributed by atoms with Crippen molar-refractivity contribution >= 4 is 17.6 Å². The molecule has 0 aromatic heterocycles. The van der Waals surface area contributed by atoms with Crippen LogP contribution < -0.4 is 20.7 Å². The molecular weight excluding hydrogens is 363 g/mol. The fourth-order valence-electron chi connectivity index (χ4n) is 3.41. The summed E-state index contributed by atoms with van der Waals surface area (Å²) < 4.78 is 18.9. The molecule has 1 fully saturated rings. The van der Waals surface area contributed by atoms with Gasteiger partial charge in [-0.3, -0.25) is 4.79 Å². The number of piperazine rings is 1. The van der Waals surface area contributed by atoms with Gasteiger partial charge in [0.25, 0.3) is 5.91 Å². The lowest BCUT2D eigenvalue weighted by atomic mass is 10.1. The van der Waals surface area contributed by atoms with E-state index in [1.165, 1.54) is 17.0 Å². The van der Waals surface area contributed by atoms with Crippen molar-refractivity contribution in [2.24, 2.45) is 5.73 Å². The number of hydrogen-bond donors (Lipinski definition) is 3. The van der Waals surface area contributed by atoms with E-state index in [0.29, 0.717) is 36.6 Å². The van der Waals surface area contributed by atoms with Gasteiger partial charge in [-0.15, -0.1) is 0 Å². The average molecular weight is 387 g/mol. The molecular formula is C20H24FN4O3+. The minimum absolute atomic E-state index is 0.0875. The number of carbonyl (C=O) groups excluding carboxylic acids is 2. The van der Waals surface area contributed by atoms with E-state index in [4.69, 9.17) is 10.5 Å². The fraction of sp³-hybridized carbons (Fsp3) is 0.300. The number of methoxy groups -OCH3 is 1. The molecule has 1 heterocycles. The second kappa shape index (κ2) is 8.71. The van der Waals surface area contributed by atoms with Crippen molar-refractivity contribution in [2.45, 2.75) is 6.54 Å². The van der Waals surface area contributed by atoms with E-state index >= 15 is 0 Å². The van der Waals surface area contributed by atoms with Gasteiger partial charge in [0.2, 0.25) is 0 Å². The summed E-state index contributed by atoms with van der Waals surface area (Å²) >= 11 is 0. The zero-order valence-electron chi connectivity index (χ0n) is 15.7. The number of nitrogens with zero attached hydrogens (tertiary/aromatic N) is 1. The van der Waals surface area contributed by atoms with Crippen LogP contribution in [-0.2, 0) is 6.54 Å². The summed E-state index contributed by atoms with van der Waals surface area (Å²) in [6.45, 7) is 3.34. The van der Waals surface area contributed by atoms with Crippen molar-refractivity contribution in [1.82, 2.24) is 4.90 Å². The molecule has 0 bridgehead atoms. The van der Waals surface area contributed by atoms with Gasteiger partial charge < -0.3 is 25.6 Å². The lowest BCUT2D eigenvalue weighted by Gasteiger charge is -2.32. The third kappa shape index (κ3) is 4.77. The maximum absolute atomic E-state index is 13.6. The Kier molecular flexibility index (Phi) is 6.10. The standard InChI is InChI=1S/C20H23FN4O3/c1-28-18-6-5-16(21)11-15(18)13-24-7-9-25(10-8-24)19(26)14-3-2-4-17(12-14)23-20(22)27/h2-6,11-12H,7-10,13H2,1H3,(H3,22,23,27)/p+1. The number of benzene rings is 2. The van der Waals surface area contributed by atoms with Gasteiger partial charge >= 0.3 is 6.03 Å². The van der Waals surface area contributed by atoms with Crippen molar-refractivity contribution in [3.63, 3.8) is 0 Å². The second-order valence-electron chi connectivity index (χ2n) is 6.75. The Morgan fingerprint density at radius 2 is 1.96 bits per heavy atom. The zero-order valence-corrected chi connectivity index (χ0v) is 15.7. The highest BCUT2D eigenvalue weighted by atomic mass is 19.1. The number of carbonyl (C=O) groups is 2. The van der Waals surface area contributed by atoms with Gasteiger partial charge in [-0.05, 0) is 36.4 Å². The second-order valence-corrected chi connectivity index (χ2v) is 6.75. The third-order valence-electron chi connectivity index (χ3n) is 4.82. The summed E-state index contributed by atoms with van der Waals surface area (Å²) in [5, 5.41) is 2.47. The zero-order chi connectivity index (χ0) is 20.1. The lowest BCUT2D eigenvalue weighted by Crippen LogP contribution is -3.13. The maximum Gasteiger partial charge on any atom is 0.316 e. The van der Waals surface area contributed by atoms with E-state index in [1.807, 2.05) is 0 Å². The normalized spacial score (nSPS) is 14.6. The van der Waals surface area contributed by atoms with Crippen molar-refractivity contribution < 1.29 is 23.6 Å². The molecule has 1 saturated heterocycles. The highest BCUT2D eigenvalue weighted by Gasteiger charge is 2.25. The summed E-state index contributed by atoms with van der Waals surface area (Å²) in [7, 11) is 1.57. The number of nitrogens with one attached hydrogen (secondary N) is 2. The Labute approximate surface area is 162 Å². The Morgan fingerprint density at radius 3 is 2.64 bits per heavy atom. The van der Waals surface area contributed by atoms with E-state index in [0.717, 1.165) is 18.7 Å². The molecule has 0 saturated carbocycles. The number of hydrogen-bond acceptors (Lipinski definition) is 3. The molecule has 2 aromatic carbocycles. The number of ether oxygens (including phenoxy) is 1. The third-order valence-corrected chi connectivity index (χ3v) is 4.82. The van der Waals surface area contributed by atoms with E-state index in [1.54, 1.807) is 42.3 Å². The highest BCUT2D eigenvalue weighted by Crippen LogP contribution is 2.18. The first-order valence-electron chi connectivity index (χ1n) is 9.08. The van der Waals surface area contributed by atoms with Crippen LogP contribution in [0.5, 0.6) is 5.75 Å². The molecule has 0 unspecified atom stereocenters. The molecule has 3 rings (SSSR count). The SMILES string of the molecule is COc1ccc(F)cc1C[NH+]1CCN(C(=O)c2cccc(NC(N)=O)c2)CC1. The maximum atomic E-state index is 13.6. The molecule has 28 heavy (non-hydrogen) atoms. The van der Waals surface area contributed by atoms with E-state index in [2.05, 4.69) is 5.32 Å². The smallest absolute Gasteiger partial charge is 0.316 e. The van der Waals surface area contributed by atoms with Crippen LogP contribution in [0.1, 0.15) is 15.9 Å². The molecule has 3 amide bonds. The average Bonchev–Trinajstić information content (AvgIpc) is 2.68. The summed E-state index contributed by atoms with van der Waals surface area (Å²) in [6.07, 6.45) is 0. The topological polar surface area (TPSA) is 89.1 Å². The molecule has 0 radical (unpaired) electrons. The van der Waals surface area contributed by atoms with Gasteiger partial charge in [0, 0.05) is 11.3 Å². The number of anilines is 1. The molecule has 1 aliphatic heterocycles. The van der Waals surface area contributed by atoms with Crippen molar-refractivity contribution in [3.8, 4) is 5.75 Å². The number of urea groups is 1. The molecule has 148 valence electrons. The van der Waals surface area contributed by atoms with Crippen molar-refractivity contribution in [3.05, 3.63) is 59.4 Å². The van der Waals surface area contributed by atoms with Gasteiger partial charge in [-0.25, -0.2) is 9.18 Å². The molecule has 4 N–H and O–H groups in total. The first kappa shape index (κ1) is 19.6. The molecule has 8 heteroatoms. The van der Waals surface area contributed by atoms with E-state index in [9.17, 15) is 14.0 Å². The molecule has 1 aliphatic rings. The predicted octanol–water partition coefficient (Wildman–Crippen LogP) is 0.866. The summed E-state index contributed by atoms with van der Waals surface area (Å²) in [4.78, 5) is 26.8. The van der Waals surface area contributed by atoms with Gasteiger partial charge in [0.15, 0.2) is 0 Å². The quantitative estimate of drug-likeness (QED) is 0.711. The summed E-state index contributed by atoms with van der Waals surface area (Å²) in [5.41, 5.74) is 6.93. The van der Waals surface area contributed by atoms with Gasteiger partial charge in [0.1, 0.15) is 18.1 Å². The van der Waals surface area contributed by atoms with Crippen molar-refractivity contribution in [2.75, 3.05) is 38.6 Å². The number of rotatable bonds is 5. The minimum atomic E-state index is -0.672. The van der Waals surface area contributed by atoms with Crippen LogP contribution in [0.2, 0.25) is 0 Å². The van der Waals surface area contributed by atoms with E-state index < -0.39 is 6.03 Å². The summed E-state index contributed by atoms with van der Waals surface area (Å²) in [5.74, 6) is 0.301. The van der Waals surface area contributed by atoms with Crippen LogP contribution in [0.3, 0.4) is 0 Å². The Bertz CT molecular complexity index is 866. The fourth-order valence-corrected chi connectivity index (χ4v) is 3.41. The van der Waals surface area contributed by atoms with Crippen LogP contribution in [0, 0.1) is 5.82 Å². The van der Waals surface area contributed by atoms with Crippen LogP contribution in [0.4, 0.5) is 14.9 Å². The number of amides is 3. The highest BCUT2D eigenvalue weighted by molar-refractivity contribution is 5.96. The van der Waals surface area contributed by atoms with Crippen LogP contribution in [0.25, 0.3) is 0 Å². The largest absolute Gasteiger partial charge is 0.496 e. The number of nitrogens with two attached hydrogens (primary N) is 1. The predicted molar refractivity (Wildman–Crippen MR) is 103 cm³/mol. The lowest BCUT2D eigenvalue weighted by molar-refractivity contribution is -0.917. The van der Waals surface area contributed by atoms with Crippen molar-refractivity contribution in [1.29, 1.82) is 0 Å². The van der Waals surface area contributed by atoms with Gasteiger partial charge in [0.05, 0.1) is 38.9 Å². The minimum Gasteiger partial charge on any atom is -0.496 e. The van der Waals surface area contributed by atoms with Gasteiger partial charge in [-0.1, -0.05) is 6.07 Å².